The van der Waals surface area contributed by atoms with Crippen LogP contribution in [0.4, 0.5) is 11.4 Å². The molecule has 10 heteroatoms. The number of non-ortho nitro benzene ring substituents is 1. The van der Waals surface area contributed by atoms with Crippen LogP contribution in [-0.2, 0) is 16.1 Å². The second-order valence-electron chi connectivity index (χ2n) is 7.32. The first kappa shape index (κ1) is 26.1. The number of nitrogens with zero attached hydrogens (tertiary/aromatic N) is 2. The van der Waals surface area contributed by atoms with Gasteiger partial charge in [0.1, 0.15) is 24.0 Å². The number of nitriles is 1. The van der Waals surface area contributed by atoms with Crippen LogP contribution in [0.25, 0.3) is 6.08 Å². The van der Waals surface area contributed by atoms with Gasteiger partial charge in [-0.2, -0.15) is 5.26 Å². The average Bonchev–Trinajstić information content (AvgIpc) is 2.87. The van der Waals surface area contributed by atoms with Crippen molar-refractivity contribution in [3.8, 4) is 11.8 Å². The van der Waals surface area contributed by atoms with E-state index in [0.29, 0.717) is 32.6 Å². The van der Waals surface area contributed by atoms with E-state index >= 15 is 0 Å². The number of benzene rings is 3. The highest BCUT2D eigenvalue weighted by molar-refractivity contribution is 9.10. The lowest BCUT2D eigenvalue weighted by molar-refractivity contribution is -0.384. The Morgan fingerprint density at radius 1 is 1.14 bits per heavy atom. The highest BCUT2D eigenvalue weighted by Gasteiger charge is 2.14. The number of anilines is 1. The van der Waals surface area contributed by atoms with Crippen molar-refractivity contribution in [3.63, 3.8) is 0 Å². The van der Waals surface area contributed by atoms with Gasteiger partial charge in [0.05, 0.1) is 17.1 Å². The zero-order valence-electron chi connectivity index (χ0n) is 19.1. The number of esters is 1. The van der Waals surface area contributed by atoms with Crippen LogP contribution in [-0.4, -0.2) is 23.4 Å². The van der Waals surface area contributed by atoms with Gasteiger partial charge in [0.25, 0.3) is 11.6 Å². The number of rotatable bonds is 9. The summed E-state index contributed by atoms with van der Waals surface area (Å²) in [6.07, 6.45) is 1.38. The van der Waals surface area contributed by atoms with Gasteiger partial charge in [0, 0.05) is 27.9 Å². The molecule has 0 spiro atoms. The van der Waals surface area contributed by atoms with Crippen molar-refractivity contribution < 1.29 is 24.0 Å². The minimum Gasteiger partial charge on any atom is -0.488 e. The monoisotopic (exact) mass is 549 g/mol. The van der Waals surface area contributed by atoms with Crippen molar-refractivity contribution >= 4 is 45.3 Å². The Labute approximate surface area is 215 Å². The lowest BCUT2D eigenvalue weighted by Gasteiger charge is -2.11. The van der Waals surface area contributed by atoms with Gasteiger partial charge in [-0.25, -0.2) is 4.79 Å². The van der Waals surface area contributed by atoms with E-state index in [1.165, 1.54) is 42.5 Å². The number of amides is 1. The number of carbonyl (C=O) groups is 2. The predicted octanol–water partition coefficient (Wildman–Crippen LogP) is 5.66. The summed E-state index contributed by atoms with van der Waals surface area (Å²) in [7, 11) is 0. The molecule has 0 unspecified atom stereocenters. The summed E-state index contributed by atoms with van der Waals surface area (Å²) in [5, 5.41) is 23.2. The maximum Gasteiger partial charge on any atom is 0.338 e. The molecular weight excluding hydrogens is 530 g/mol. The van der Waals surface area contributed by atoms with Crippen molar-refractivity contribution in [2.75, 3.05) is 11.9 Å². The quantitative estimate of drug-likeness (QED) is 0.120. The zero-order valence-corrected chi connectivity index (χ0v) is 20.7. The third-order valence-corrected chi connectivity index (χ3v) is 5.30. The summed E-state index contributed by atoms with van der Waals surface area (Å²) in [5.74, 6) is -0.740. The fraction of sp³-hybridized carbons (Fsp3) is 0.115. The van der Waals surface area contributed by atoms with Crippen LogP contribution >= 0.6 is 15.9 Å². The second-order valence-corrected chi connectivity index (χ2v) is 8.24. The molecule has 1 amide bonds. The summed E-state index contributed by atoms with van der Waals surface area (Å²) < 4.78 is 11.5. The fourth-order valence-corrected chi connectivity index (χ4v) is 3.47. The number of ether oxygens (including phenoxy) is 2. The summed E-state index contributed by atoms with van der Waals surface area (Å²) in [4.78, 5) is 35.0. The van der Waals surface area contributed by atoms with E-state index in [-0.39, 0.29) is 24.5 Å². The Balaban J connectivity index is 1.78. The molecule has 0 fully saturated rings. The van der Waals surface area contributed by atoms with E-state index in [0.717, 1.165) is 0 Å². The number of carbonyl (C=O) groups excluding carboxylic acids is 2. The average molecular weight is 550 g/mol. The van der Waals surface area contributed by atoms with E-state index in [9.17, 15) is 25.0 Å². The normalized spacial score (nSPS) is 10.8. The van der Waals surface area contributed by atoms with Crippen LogP contribution in [0.15, 0.2) is 76.8 Å². The van der Waals surface area contributed by atoms with Crippen LogP contribution < -0.4 is 10.1 Å². The Hall–Kier alpha value is -4.49. The van der Waals surface area contributed by atoms with Crippen LogP contribution in [0.5, 0.6) is 5.75 Å². The maximum absolute atomic E-state index is 12.7. The number of halogens is 1. The topological polar surface area (TPSA) is 132 Å². The SMILES string of the molecule is CCOC(=O)c1ccc(NC(=O)/C(C#N)=C/c2cc(Br)ccc2OCc2cccc([N+](=O)[O-])c2)cc1. The Kier molecular flexibility index (Phi) is 8.91. The number of hydrogen-bond donors (Lipinski definition) is 1. The smallest absolute Gasteiger partial charge is 0.338 e. The van der Waals surface area contributed by atoms with Gasteiger partial charge in [0.15, 0.2) is 0 Å². The molecule has 9 nitrogen and oxygen atoms in total. The van der Waals surface area contributed by atoms with Crippen molar-refractivity contribution in [2.24, 2.45) is 0 Å². The first-order valence-electron chi connectivity index (χ1n) is 10.7. The Bertz CT molecular complexity index is 1360. The Morgan fingerprint density at radius 2 is 1.89 bits per heavy atom. The molecule has 1 N–H and O–H groups in total. The lowest BCUT2D eigenvalue weighted by Crippen LogP contribution is -2.14. The summed E-state index contributed by atoms with van der Waals surface area (Å²) in [5.41, 5.74) is 1.55. The number of nitro benzene ring substituents is 1. The first-order chi connectivity index (χ1) is 17.3. The van der Waals surface area contributed by atoms with Crippen LogP contribution in [0, 0.1) is 21.4 Å². The highest BCUT2D eigenvalue weighted by Crippen LogP contribution is 2.27. The molecule has 0 aliphatic heterocycles. The molecule has 0 saturated heterocycles. The molecule has 0 aliphatic carbocycles. The summed E-state index contributed by atoms with van der Waals surface area (Å²) in [6.45, 7) is 2.00. The third kappa shape index (κ3) is 7.01. The largest absolute Gasteiger partial charge is 0.488 e. The van der Waals surface area contributed by atoms with Crippen LogP contribution in [0.2, 0.25) is 0 Å². The molecule has 0 aromatic heterocycles. The molecule has 36 heavy (non-hydrogen) atoms. The summed E-state index contributed by atoms with van der Waals surface area (Å²) in [6, 6.07) is 19.1. The van der Waals surface area contributed by atoms with Gasteiger partial charge in [-0.3, -0.25) is 14.9 Å². The highest BCUT2D eigenvalue weighted by atomic mass is 79.9. The summed E-state index contributed by atoms with van der Waals surface area (Å²) >= 11 is 3.37. The number of nitro groups is 1. The van der Waals surface area contributed by atoms with Gasteiger partial charge >= 0.3 is 5.97 Å². The van der Waals surface area contributed by atoms with E-state index < -0.39 is 16.8 Å². The maximum atomic E-state index is 12.7. The minimum absolute atomic E-state index is 0.0467. The number of hydrogen-bond acceptors (Lipinski definition) is 7. The molecule has 0 aliphatic rings. The van der Waals surface area contributed by atoms with Gasteiger partial charge < -0.3 is 14.8 Å². The van der Waals surface area contributed by atoms with E-state index in [4.69, 9.17) is 9.47 Å². The molecular formula is C26H20BrN3O6. The standard InChI is InChI=1S/C26H20BrN3O6/c1-2-35-26(32)18-6-9-22(10-7-18)29-25(31)20(15-28)13-19-14-21(27)8-11-24(19)36-16-17-4-3-5-23(12-17)30(33)34/h3-14H,2,16H2,1H3,(H,29,31)/b20-13+. The second kappa shape index (κ2) is 12.3. The van der Waals surface area contributed by atoms with Crippen molar-refractivity contribution in [3.05, 3.63) is 104 Å². The van der Waals surface area contributed by atoms with Crippen molar-refractivity contribution in [1.29, 1.82) is 5.26 Å². The third-order valence-electron chi connectivity index (χ3n) is 4.81. The molecule has 0 radical (unpaired) electrons. The van der Waals surface area contributed by atoms with Crippen LogP contribution in [0.1, 0.15) is 28.4 Å². The fourth-order valence-electron chi connectivity index (χ4n) is 3.09. The van der Waals surface area contributed by atoms with E-state index in [1.54, 1.807) is 37.3 Å². The van der Waals surface area contributed by atoms with Crippen molar-refractivity contribution in [1.82, 2.24) is 0 Å². The molecule has 0 atom stereocenters. The molecule has 3 aromatic rings. The Morgan fingerprint density at radius 3 is 2.56 bits per heavy atom. The number of nitrogens with one attached hydrogen (secondary N) is 1. The molecule has 3 aromatic carbocycles. The molecule has 0 saturated carbocycles. The van der Waals surface area contributed by atoms with Gasteiger partial charge in [-0.05, 0) is 61.0 Å². The zero-order chi connectivity index (χ0) is 26.1. The molecule has 3 rings (SSSR count). The van der Waals surface area contributed by atoms with Crippen molar-refractivity contribution in [2.45, 2.75) is 13.5 Å². The van der Waals surface area contributed by atoms with Gasteiger partial charge in [0.2, 0.25) is 0 Å². The van der Waals surface area contributed by atoms with Gasteiger partial charge in [-0.15, -0.1) is 0 Å². The van der Waals surface area contributed by atoms with E-state index in [1.807, 2.05) is 6.07 Å². The van der Waals surface area contributed by atoms with Gasteiger partial charge in [-0.1, -0.05) is 28.1 Å². The van der Waals surface area contributed by atoms with E-state index in [2.05, 4.69) is 21.2 Å². The predicted molar refractivity (Wildman–Crippen MR) is 136 cm³/mol. The molecule has 182 valence electrons. The first-order valence-corrected chi connectivity index (χ1v) is 11.5. The lowest BCUT2D eigenvalue weighted by atomic mass is 10.1. The minimum atomic E-state index is -0.647. The molecule has 0 bridgehead atoms. The molecule has 0 heterocycles. The van der Waals surface area contributed by atoms with Crippen LogP contribution in [0.3, 0.4) is 0 Å².